The van der Waals surface area contributed by atoms with Gasteiger partial charge in [-0.1, -0.05) is 12.1 Å². The van der Waals surface area contributed by atoms with Gasteiger partial charge < -0.3 is 15.0 Å². The number of aryl methyl sites for hydroxylation is 1. The molecule has 0 spiro atoms. The van der Waals surface area contributed by atoms with Crippen LogP contribution in [0.2, 0.25) is 0 Å². The molecule has 2 bridgehead atoms. The number of hydrogen-bond donors (Lipinski definition) is 1. The second-order valence-corrected chi connectivity index (χ2v) is 9.55. The molecule has 0 unspecified atom stereocenters. The first-order valence-corrected chi connectivity index (χ1v) is 11.6. The van der Waals surface area contributed by atoms with Gasteiger partial charge in [0.25, 0.3) is 0 Å². The van der Waals surface area contributed by atoms with Crippen LogP contribution in [0, 0.1) is 24.6 Å². The highest BCUT2D eigenvalue weighted by molar-refractivity contribution is 7.10. The van der Waals surface area contributed by atoms with Crippen LogP contribution < -0.4 is 15.0 Å². The minimum absolute atomic E-state index is 0.0398. The highest BCUT2D eigenvalue weighted by Gasteiger charge is 2.43. The van der Waals surface area contributed by atoms with Crippen LogP contribution in [0.4, 0.5) is 15.3 Å². The highest BCUT2D eigenvalue weighted by atomic mass is 32.1. The van der Waals surface area contributed by atoms with E-state index in [4.69, 9.17) is 4.74 Å². The van der Waals surface area contributed by atoms with Crippen molar-refractivity contribution >= 4 is 22.5 Å². The second-order valence-electron chi connectivity index (χ2n) is 8.77. The molecule has 1 saturated carbocycles. The summed E-state index contributed by atoms with van der Waals surface area (Å²) in [5, 5.41) is 9.47. The van der Waals surface area contributed by atoms with Gasteiger partial charge in [-0.2, -0.15) is 9.36 Å². The van der Waals surface area contributed by atoms with Crippen LogP contribution in [0.25, 0.3) is 0 Å². The number of hydrogen-bond acceptors (Lipinski definition) is 7. The van der Waals surface area contributed by atoms with Crippen LogP contribution in [0.15, 0.2) is 30.3 Å². The van der Waals surface area contributed by atoms with E-state index in [0.717, 1.165) is 18.8 Å². The first-order chi connectivity index (χ1) is 15.0. The number of aromatic nitrogens is 4. The summed E-state index contributed by atoms with van der Waals surface area (Å²) in [7, 11) is 0. The Morgan fingerprint density at radius 2 is 1.94 bits per heavy atom. The average molecular weight is 443 g/mol. The molecule has 3 heterocycles. The number of anilines is 2. The Hall–Kier alpha value is -2.68. The third-order valence-corrected chi connectivity index (χ3v) is 7.13. The van der Waals surface area contributed by atoms with E-state index in [0.29, 0.717) is 29.8 Å². The molecule has 2 fully saturated rings. The molecule has 0 radical (unpaired) electrons. The van der Waals surface area contributed by atoms with Crippen molar-refractivity contribution in [3.05, 3.63) is 41.8 Å². The van der Waals surface area contributed by atoms with Crippen LogP contribution in [0.3, 0.4) is 0 Å². The third kappa shape index (κ3) is 3.98. The lowest BCUT2D eigenvalue weighted by Gasteiger charge is -2.38. The fourth-order valence-corrected chi connectivity index (χ4v) is 5.47. The standard InChI is InChI=1S/C22H27FN6OS/c1-13(2)29-22(30-18-7-5-4-6-17(18)23)25-21(26-29)24-20-15-8-9-16(20)12-28(11-15)19-10-14(3)27-31-19/h4-7,10,13,15-16,20H,8-9,11-12H2,1-3H3,(H,24,26)/t15-,16+,20+. The Balaban J connectivity index is 1.33. The molecule has 31 heavy (non-hydrogen) atoms. The number of piperidine rings is 1. The van der Waals surface area contributed by atoms with Gasteiger partial charge in [0.15, 0.2) is 11.6 Å². The molecule has 1 N–H and O–H groups in total. The first kappa shape index (κ1) is 20.2. The Kier molecular flexibility index (Phi) is 5.29. The van der Waals surface area contributed by atoms with Gasteiger partial charge in [-0.05, 0) is 75.2 Å². The molecule has 1 saturated heterocycles. The monoisotopic (exact) mass is 442 g/mol. The number of ether oxygens (including phenoxy) is 1. The molecule has 0 amide bonds. The summed E-state index contributed by atoms with van der Waals surface area (Å²) in [6, 6.07) is 9.19. The van der Waals surface area contributed by atoms with Crippen molar-refractivity contribution in [3.8, 4) is 11.8 Å². The van der Waals surface area contributed by atoms with Gasteiger partial charge in [0, 0.05) is 19.1 Å². The van der Waals surface area contributed by atoms with Gasteiger partial charge >= 0.3 is 6.01 Å². The highest BCUT2D eigenvalue weighted by Crippen LogP contribution is 2.41. The van der Waals surface area contributed by atoms with Gasteiger partial charge in [-0.15, -0.1) is 5.10 Å². The Morgan fingerprint density at radius 1 is 1.19 bits per heavy atom. The summed E-state index contributed by atoms with van der Waals surface area (Å²) < 4.78 is 26.0. The smallest absolute Gasteiger partial charge is 0.322 e. The number of para-hydroxylation sites is 1. The van der Waals surface area contributed by atoms with E-state index >= 15 is 0 Å². The molecule has 7 nitrogen and oxygen atoms in total. The summed E-state index contributed by atoms with van der Waals surface area (Å²) in [6.07, 6.45) is 2.39. The fourth-order valence-electron chi connectivity index (χ4n) is 4.69. The summed E-state index contributed by atoms with van der Waals surface area (Å²) in [4.78, 5) is 7.04. The summed E-state index contributed by atoms with van der Waals surface area (Å²) in [5.74, 6) is 1.34. The van der Waals surface area contributed by atoms with Crippen molar-refractivity contribution < 1.29 is 9.13 Å². The summed E-state index contributed by atoms with van der Waals surface area (Å²) in [6.45, 7) is 8.08. The Labute approximate surface area is 185 Å². The first-order valence-electron chi connectivity index (χ1n) is 10.8. The number of benzene rings is 1. The van der Waals surface area contributed by atoms with Crippen LogP contribution in [-0.2, 0) is 0 Å². The maximum absolute atomic E-state index is 14.1. The predicted octanol–water partition coefficient (Wildman–Crippen LogP) is 4.88. The van der Waals surface area contributed by atoms with E-state index in [-0.39, 0.29) is 11.8 Å². The average Bonchev–Trinajstić information content (AvgIpc) is 3.40. The van der Waals surface area contributed by atoms with Crippen molar-refractivity contribution in [1.82, 2.24) is 19.1 Å². The molecule has 3 aromatic rings. The molecule has 1 aliphatic carbocycles. The van der Waals surface area contributed by atoms with Crippen molar-refractivity contribution in [2.24, 2.45) is 11.8 Å². The number of halogens is 1. The SMILES string of the molecule is Cc1cc(N2C[C@H]3CC[C@@H](C2)[C@H]3Nc2nc(Oc3ccccc3F)n(C(C)C)n2)sn1. The van der Waals surface area contributed by atoms with Crippen molar-refractivity contribution in [2.45, 2.75) is 45.7 Å². The third-order valence-electron chi connectivity index (χ3n) is 6.18. The minimum atomic E-state index is -0.418. The zero-order chi connectivity index (χ0) is 21.5. The molecule has 9 heteroatoms. The number of rotatable bonds is 6. The molecule has 164 valence electrons. The maximum Gasteiger partial charge on any atom is 0.322 e. The molecule has 1 aliphatic heterocycles. The lowest BCUT2D eigenvalue weighted by atomic mass is 9.92. The van der Waals surface area contributed by atoms with E-state index < -0.39 is 5.82 Å². The molecule has 2 aromatic heterocycles. The zero-order valence-electron chi connectivity index (χ0n) is 18.0. The quantitative estimate of drug-likeness (QED) is 0.587. The lowest BCUT2D eigenvalue weighted by Crippen LogP contribution is -2.48. The van der Waals surface area contributed by atoms with Gasteiger partial charge in [0.2, 0.25) is 5.95 Å². The fraction of sp³-hybridized carbons (Fsp3) is 0.500. The van der Waals surface area contributed by atoms with Gasteiger partial charge in [-0.25, -0.2) is 9.07 Å². The van der Waals surface area contributed by atoms with Crippen molar-refractivity contribution in [2.75, 3.05) is 23.3 Å². The normalized spacial score (nSPS) is 22.9. The van der Waals surface area contributed by atoms with Gasteiger partial charge in [0.1, 0.15) is 5.00 Å². The van der Waals surface area contributed by atoms with Crippen LogP contribution in [0.1, 0.15) is 38.4 Å². The van der Waals surface area contributed by atoms with Crippen molar-refractivity contribution in [3.63, 3.8) is 0 Å². The van der Waals surface area contributed by atoms with E-state index in [1.54, 1.807) is 34.4 Å². The number of nitrogens with one attached hydrogen (secondary N) is 1. The second kappa shape index (κ2) is 8.11. The molecule has 3 atom stereocenters. The largest absolute Gasteiger partial charge is 0.421 e. The van der Waals surface area contributed by atoms with E-state index in [2.05, 4.69) is 30.7 Å². The van der Waals surface area contributed by atoms with E-state index in [1.165, 1.54) is 23.9 Å². The Bertz CT molecular complexity index is 1050. The molecule has 5 rings (SSSR count). The van der Waals surface area contributed by atoms with E-state index in [9.17, 15) is 4.39 Å². The number of fused-ring (bicyclic) bond motifs is 2. The molecule has 2 aliphatic rings. The van der Waals surface area contributed by atoms with Crippen LogP contribution >= 0.6 is 11.5 Å². The maximum atomic E-state index is 14.1. The van der Waals surface area contributed by atoms with Gasteiger partial charge in [-0.3, -0.25) is 0 Å². The lowest BCUT2D eigenvalue weighted by molar-refractivity contribution is 0.360. The number of nitrogens with zero attached hydrogens (tertiary/aromatic N) is 5. The minimum Gasteiger partial charge on any atom is -0.421 e. The van der Waals surface area contributed by atoms with Crippen LogP contribution in [0.5, 0.6) is 11.8 Å². The van der Waals surface area contributed by atoms with E-state index in [1.807, 2.05) is 20.8 Å². The van der Waals surface area contributed by atoms with Crippen molar-refractivity contribution in [1.29, 1.82) is 0 Å². The Morgan fingerprint density at radius 3 is 2.58 bits per heavy atom. The molecular formula is C22H27FN6OS. The predicted molar refractivity (Wildman–Crippen MR) is 120 cm³/mol. The zero-order valence-corrected chi connectivity index (χ0v) is 18.8. The molecular weight excluding hydrogens is 415 g/mol. The van der Waals surface area contributed by atoms with Crippen LogP contribution in [-0.4, -0.2) is 38.3 Å². The summed E-state index contributed by atoms with van der Waals surface area (Å²) in [5.41, 5.74) is 1.08. The summed E-state index contributed by atoms with van der Waals surface area (Å²) >= 11 is 1.58. The molecule has 1 aromatic carbocycles. The van der Waals surface area contributed by atoms with Gasteiger partial charge in [0.05, 0.1) is 11.7 Å². The topological polar surface area (TPSA) is 68.1 Å².